The lowest BCUT2D eigenvalue weighted by Gasteiger charge is -2.34. The van der Waals surface area contributed by atoms with Crippen LogP contribution in [0.5, 0.6) is 0 Å². The lowest BCUT2D eigenvalue weighted by Crippen LogP contribution is -2.49. The quantitative estimate of drug-likeness (QED) is 0.447. The summed E-state index contributed by atoms with van der Waals surface area (Å²) in [6.07, 6.45) is -6.63. The summed E-state index contributed by atoms with van der Waals surface area (Å²) < 4.78 is 45.3. The number of nitrogens with one attached hydrogen (secondary N) is 2. The zero-order chi connectivity index (χ0) is 26.9. The molecule has 12 heteroatoms. The number of benzene rings is 2. The van der Waals surface area contributed by atoms with Crippen molar-refractivity contribution in [1.29, 1.82) is 0 Å². The maximum atomic E-state index is 13.5. The number of nitrogens with zero attached hydrogens (tertiary/aromatic N) is 2. The number of amides is 3. The molecule has 37 heavy (non-hydrogen) atoms. The third-order valence-corrected chi connectivity index (χ3v) is 6.26. The van der Waals surface area contributed by atoms with Crippen LogP contribution < -0.4 is 15.5 Å². The van der Waals surface area contributed by atoms with Gasteiger partial charge < -0.3 is 20.3 Å². The summed E-state index contributed by atoms with van der Waals surface area (Å²) in [5.74, 6) is -4.07. The van der Waals surface area contributed by atoms with Crippen molar-refractivity contribution < 1.29 is 37.1 Å². The van der Waals surface area contributed by atoms with Crippen LogP contribution in [0.25, 0.3) is 0 Å². The van der Waals surface area contributed by atoms with E-state index in [2.05, 4.69) is 10.6 Å². The Balaban J connectivity index is 1.66. The first kappa shape index (κ1) is 26.1. The minimum atomic E-state index is -4.87. The minimum absolute atomic E-state index is 0.0762. The molecule has 2 N–H and O–H groups in total. The second-order valence-electron chi connectivity index (χ2n) is 8.87. The van der Waals surface area contributed by atoms with Crippen molar-refractivity contribution in [3.8, 4) is 0 Å². The predicted octanol–water partition coefficient (Wildman–Crippen LogP) is 2.83. The van der Waals surface area contributed by atoms with Crippen LogP contribution in [0.2, 0.25) is 0 Å². The highest BCUT2D eigenvalue weighted by Crippen LogP contribution is 2.32. The van der Waals surface area contributed by atoms with Gasteiger partial charge in [-0.05, 0) is 37.3 Å². The third-order valence-electron chi connectivity index (χ3n) is 6.26. The first-order valence-electron chi connectivity index (χ1n) is 11.6. The fraction of sp³-hybridized carbons (Fsp3) is 0.360. The van der Waals surface area contributed by atoms with Gasteiger partial charge in [-0.1, -0.05) is 12.1 Å². The van der Waals surface area contributed by atoms with Gasteiger partial charge in [-0.15, -0.1) is 0 Å². The molecule has 3 amide bonds. The number of halogens is 3. The number of ether oxygens (including phenoxy) is 1. The van der Waals surface area contributed by atoms with E-state index in [-0.39, 0.29) is 28.4 Å². The largest absolute Gasteiger partial charge is 0.465 e. The summed E-state index contributed by atoms with van der Waals surface area (Å²) in [6.45, 7) is 4.03. The first-order valence-corrected chi connectivity index (χ1v) is 11.6. The van der Waals surface area contributed by atoms with Crippen molar-refractivity contribution in [1.82, 2.24) is 10.2 Å². The number of alkyl halides is 3. The summed E-state index contributed by atoms with van der Waals surface area (Å²) in [4.78, 5) is 53.7. The van der Waals surface area contributed by atoms with Crippen molar-refractivity contribution >= 4 is 35.1 Å². The van der Waals surface area contributed by atoms with Gasteiger partial charge in [-0.2, -0.15) is 13.2 Å². The molecule has 2 aliphatic rings. The number of methoxy groups -OCH3 is 1. The van der Waals surface area contributed by atoms with E-state index >= 15 is 0 Å². The van der Waals surface area contributed by atoms with Crippen LogP contribution in [0.4, 0.5) is 24.5 Å². The van der Waals surface area contributed by atoms with E-state index in [1.807, 2.05) is 11.8 Å². The first-order chi connectivity index (χ1) is 17.5. The standard InChI is InChI=1S/C25H25F3N4O5/c1-14-13-31(10-9-29-14)15-7-8-19(18(11-15)24(36)37-2)30-21(33)20(12-25(26,27)28)32-22(34)16-5-3-4-6-17(16)23(32)35/h3-8,11,14,20,29H,9-10,12-13H2,1-2H3,(H,30,33)/t14-,20-/m0/s1. The van der Waals surface area contributed by atoms with Gasteiger partial charge in [-0.3, -0.25) is 19.3 Å². The van der Waals surface area contributed by atoms with E-state index in [1.165, 1.54) is 36.4 Å². The van der Waals surface area contributed by atoms with Gasteiger partial charge in [0.25, 0.3) is 11.8 Å². The van der Waals surface area contributed by atoms with Crippen LogP contribution >= 0.6 is 0 Å². The normalized spacial score (nSPS) is 18.5. The molecule has 2 aromatic rings. The molecule has 2 aliphatic heterocycles. The van der Waals surface area contributed by atoms with Crippen LogP contribution in [0.15, 0.2) is 42.5 Å². The molecule has 0 aliphatic carbocycles. The van der Waals surface area contributed by atoms with Crippen molar-refractivity contribution in [2.24, 2.45) is 0 Å². The van der Waals surface area contributed by atoms with Crippen molar-refractivity contribution in [2.45, 2.75) is 31.6 Å². The fourth-order valence-electron chi connectivity index (χ4n) is 4.51. The molecule has 0 radical (unpaired) electrons. The smallest absolute Gasteiger partial charge is 0.391 e. The van der Waals surface area contributed by atoms with E-state index in [0.717, 1.165) is 7.11 Å². The molecule has 9 nitrogen and oxygen atoms in total. The summed E-state index contributed by atoms with van der Waals surface area (Å²) >= 11 is 0. The van der Waals surface area contributed by atoms with Crippen LogP contribution in [-0.2, 0) is 9.53 Å². The van der Waals surface area contributed by atoms with Crippen LogP contribution in [0.1, 0.15) is 44.4 Å². The van der Waals surface area contributed by atoms with Crippen LogP contribution in [-0.4, -0.2) is 73.6 Å². The Labute approximate surface area is 210 Å². The second kappa shape index (κ2) is 10.2. The van der Waals surface area contributed by atoms with Gasteiger partial charge in [0, 0.05) is 31.4 Å². The van der Waals surface area contributed by atoms with Gasteiger partial charge in [0.05, 0.1) is 35.9 Å². The molecule has 0 aromatic heterocycles. The zero-order valence-electron chi connectivity index (χ0n) is 20.1. The highest BCUT2D eigenvalue weighted by Gasteiger charge is 2.47. The van der Waals surface area contributed by atoms with Crippen molar-refractivity contribution in [3.63, 3.8) is 0 Å². The van der Waals surface area contributed by atoms with E-state index in [1.54, 1.807) is 6.07 Å². The predicted molar refractivity (Wildman–Crippen MR) is 127 cm³/mol. The SMILES string of the molecule is COC(=O)c1cc(N2CCN[C@@H](C)C2)ccc1NC(=O)[C@H](CC(F)(F)F)N1C(=O)c2ccccc2C1=O. The molecule has 2 heterocycles. The van der Waals surface area contributed by atoms with Crippen LogP contribution in [0.3, 0.4) is 0 Å². The Morgan fingerprint density at radius 2 is 1.78 bits per heavy atom. The van der Waals surface area contributed by atoms with E-state index in [4.69, 9.17) is 4.74 Å². The molecular formula is C25H25F3N4O5. The molecular weight excluding hydrogens is 493 g/mol. The monoisotopic (exact) mass is 518 g/mol. The molecule has 0 unspecified atom stereocenters. The molecule has 1 fully saturated rings. The average molecular weight is 518 g/mol. The molecule has 4 rings (SSSR count). The number of piperazine rings is 1. The number of hydrogen-bond donors (Lipinski definition) is 2. The molecule has 2 atom stereocenters. The number of anilines is 2. The van der Waals surface area contributed by atoms with E-state index in [0.29, 0.717) is 30.2 Å². The second-order valence-corrected chi connectivity index (χ2v) is 8.87. The Morgan fingerprint density at radius 3 is 2.35 bits per heavy atom. The number of carbonyl (C=O) groups is 4. The Hall–Kier alpha value is -3.93. The maximum Gasteiger partial charge on any atom is 0.391 e. The molecule has 0 spiro atoms. The Morgan fingerprint density at radius 1 is 1.14 bits per heavy atom. The topological polar surface area (TPSA) is 108 Å². The lowest BCUT2D eigenvalue weighted by molar-refractivity contribution is -0.151. The summed E-state index contributed by atoms with van der Waals surface area (Å²) in [5, 5.41) is 5.61. The van der Waals surface area contributed by atoms with Gasteiger partial charge >= 0.3 is 12.1 Å². The number of fused-ring (bicyclic) bond motifs is 1. The number of rotatable bonds is 6. The van der Waals surface area contributed by atoms with E-state index in [9.17, 15) is 32.3 Å². The van der Waals surface area contributed by atoms with E-state index < -0.39 is 42.3 Å². The van der Waals surface area contributed by atoms with Gasteiger partial charge in [0.2, 0.25) is 5.91 Å². The lowest BCUT2D eigenvalue weighted by atomic mass is 10.1. The van der Waals surface area contributed by atoms with Gasteiger partial charge in [-0.25, -0.2) is 4.79 Å². The molecule has 0 bridgehead atoms. The van der Waals surface area contributed by atoms with Crippen LogP contribution in [0, 0.1) is 0 Å². The number of hydrogen-bond acceptors (Lipinski definition) is 7. The fourth-order valence-corrected chi connectivity index (χ4v) is 4.51. The summed E-state index contributed by atoms with van der Waals surface area (Å²) in [5.41, 5.74) is 0.314. The highest BCUT2D eigenvalue weighted by molar-refractivity contribution is 6.23. The zero-order valence-corrected chi connectivity index (χ0v) is 20.1. The maximum absolute atomic E-state index is 13.5. The van der Waals surface area contributed by atoms with Crippen molar-refractivity contribution in [3.05, 3.63) is 59.2 Å². The Kier molecular flexibility index (Phi) is 7.21. The average Bonchev–Trinajstić information content (AvgIpc) is 3.11. The number of imide groups is 1. The Bertz CT molecular complexity index is 1210. The number of esters is 1. The minimum Gasteiger partial charge on any atom is -0.465 e. The summed E-state index contributed by atoms with van der Waals surface area (Å²) in [7, 11) is 1.14. The summed E-state index contributed by atoms with van der Waals surface area (Å²) in [6, 6.07) is 8.06. The third kappa shape index (κ3) is 5.43. The van der Waals surface area contributed by atoms with Gasteiger partial charge in [0.15, 0.2) is 0 Å². The molecule has 196 valence electrons. The van der Waals surface area contributed by atoms with Crippen molar-refractivity contribution in [2.75, 3.05) is 37.0 Å². The molecule has 1 saturated heterocycles. The number of carbonyl (C=O) groups excluding carboxylic acids is 4. The molecule has 0 saturated carbocycles. The molecule has 2 aromatic carbocycles. The van der Waals surface area contributed by atoms with Gasteiger partial charge in [0.1, 0.15) is 6.04 Å². The highest BCUT2D eigenvalue weighted by atomic mass is 19.4.